The van der Waals surface area contributed by atoms with Crippen molar-refractivity contribution in [2.75, 3.05) is 13.7 Å². The van der Waals surface area contributed by atoms with Crippen LogP contribution in [0.1, 0.15) is 38.2 Å². The molecule has 1 aliphatic rings. The highest BCUT2D eigenvalue weighted by atomic mass is 16.6. The lowest BCUT2D eigenvalue weighted by molar-refractivity contribution is 0.146. The molecule has 1 aliphatic heterocycles. The summed E-state index contributed by atoms with van der Waals surface area (Å²) in [5, 5.41) is 0. The molecule has 20 heavy (non-hydrogen) atoms. The van der Waals surface area contributed by atoms with Crippen molar-refractivity contribution in [3.05, 3.63) is 30.3 Å². The second kappa shape index (κ2) is 7.34. The van der Waals surface area contributed by atoms with Crippen LogP contribution in [0.4, 0.5) is 0 Å². The minimum Gasteiger partial charge on any atom is -0.497 e. The molecule has 1 heterocycles. The minimum atomic E-state index is 0.132. The molecule has 0 N–H and O–H groups in total. The summed E-state index contributed by atoms with van der Waals surface area (Å²) in [7, 11) is 1.66. The molecule has 2 rings (SSSR count). The number of epoxide rings is 1. The van der Waals surface area contributed by atoms with Crippen LogP contribution < -0.4 is 9.47 Å². The summed E-state index contributed by atoms with van der Waals surface area (Å²) in [5.74, 6) is 1.63. The lowest BCUT2D eigenvalue weighted by Gasteiger charge is -2.19. The summed E-state index contributed by atoms with van der Waals surface area (Å²) < 4.78 is 16.9. The third-order valence-electron chi connectivity index (χ3n) is 3.58. The smallest absolute Gasteiger partial charge is 0.130 e. The molecule has 3 nitrogen and oxygen atoms in total. The third-order valence-corrected chi connectivity index (χ3v) is 3.58. The summed E-state index contributed by atoms with van der Waals surface area (Å²) in [4.78, 5) is 0. The molecule has 0 amide bonds. The van der Waals surface area contributed by atoms with Gasteiger partial charge in [-0.3, -0.25) is 0 Å². The number of benzene rings is 1. The highest BCUT2D eigenvalue weighted by Crippen LogP contribution is 2.30. The van der Waals surface area contributed by atoms with Crippen molar-refractivity contribution in [2.45, 2.75) is 44.8 Å². The van der Waals surface area contributed by atoms with Gasteiger partial charge in [-0.25, -0.2) is 0 Å². The molecule has 3 heteroatoms. The van der Waals surface area contributed by atoms with Gasteiger partial charge in [-0.1, -0.05) is 32.4 Å². The first-order chi connectivity index (χ1) is 9.78. The van der Waals surface area contributed by atoms with E-state index >= 15 is 0 Å². The Balaban J connectivity index is 2.06. The SMILES string of the molecule is C=Cc1ccc(OC)cc1O[C@H](CCCCC)[C@H]1CO1. The van der Waals surface area contributed by atoms with E-state index in [1.54, 1.807) is 7.11 Å². The fourth-order valence-electron chi connectivity index (χ4n) is 2.26. The van der Waals surface area contributed by atoms with Gasteiger partial charge in [0.1, 0.15) is 23.7 Å². The fraction of sp³-hybridized carbons (Fsp3) is 0.529. The quantitative estimate of drug-likeness (QED) is 0.503. The van der Waals surface area contributed by atoms with Gasteiger partial charge in [0, 0.05) is 11.6 Å². The number of methoxy groups -OCH3 is 1. The van der Waals surface area contributed by atoms with Gasteiger partial charge >= 0.3 is 0 Å². The number of ether oxygens (including phenoxy) is 3. The Morgan fingerprint density at radius 2 is 2.25 bits per heavy atom. The Labute approximate surface area is 121 Å². The summed E-state index contributed by atoms with van der Waals surface area (Å²) in [6.45, 7) is 6.86. The molecule has 0 spiro atoms. The van der Waals surface area contributed by atoms with Crippen molar-refractivity contribution in [2.24, 2.45) is 0 Å². The van der Waals surface area contributed by atoms with E-state index in [0.717, 1.165) is 30.1 Å². The van der Waals surface area contributed by atoms with Crippen LogP contribution in [0.2, 0.25) is 0 Å². The molecular formula is C17H24O3. The van der Waals surface area contributed by atoms with E-state index < -0.39 is 0 Å². The molecule has 0 unspecified atom stereocenters. The summed E-state index contributed by atoms with van der Waals surface area (Å²) >= 11 is 0. The van der Waals surface area contributed by atoms with Crippen LogP contribution in [-0.4, -0.2) is 25.9 Å². The van der Waals surface area contributed by atoms with E-state index in [-0.39, 0.29) is 12.2 Å². The Morgan fingerprint density at radius 1 is 1.45 bits per heavy atom. The molecule has 1 fully saturated rings. The van der Waals surface area contributed by atoms with Crippen molar-refractivity contribution >= 4 is 6.08 Å². The van der Waals surface area contributed by atoms with Gasteiger partial charge in [0.15, 0.2) is 0 Å². The third kappa shape index (κ3) is 4.01. The summed E-state index contributed by atoms with van der Waals surface area (Å²) in [6.07, 6.45) is 6.85. The molecule has 0 saturated carbocycles. The standard InChI is InChI=1S/C17H24O3/c1-4-6-7-8-15(17-12-19-17)20-16-11-14(18-3)10-9-13(16)5-2/h5,9-11,15,17H,2,4,6-8,12H2,1,3H3/t15-,17-/m1/s1. The van der Waals surface area contributed by atoms with Crippen LogP contribution in [0, 0.1) is 0 Å². The monoisotopic (exact) mass is 276 g/mol. The largest absolute Gasteiger partial charge is 0.497 e. The number of rotatable bonds is 9. The topological polar surface area (TPSA) is 31.0 Å². The summed E-state index contributed by atoms with van der Waals surface area (Å²) in [6, 6.07) is 5.81. The van der Waals surface area contributed by atoms with Crippen LogP contribution in [0.3, 0.4) is 0 Å². The number of hydrogen-bond donors (Lipinski definition) is 0. The average Bonchev–Trinajstić information content (AvgIpc) is 3.31. The molecule has 0 aromatic heterocycles. The maximum Gasteiger partial charge on any atom is 0.130 e. The Hall–Kier alpha value is -1.48. The van der Waals surface area contributed by atoms with Crippen molar-refractivity contribution in [3.8, 4) is 11.5 Å². The maximum absolute atomic E-state index is 6.17. The van der Waals surface area contributed by atoms with Crippen molar-refractivity contribution in [1.82, 2.24) is 0 Å². The van der Waals surface area contributed by atoms with E-state index in [2.05, 4.69) is 13.5 Å². The van der Waals surface area contributed by atoms with Crippen LogP contribution in [0.25, 0.3) is 6.08 Å². The molecule has 1 aromatic rings. The van der Waals surface area contributed by atoms with Crippen molar-refractivity contribution < 1.29 is 14.2 Å². The maximum atomic E-state index is 6.17. The van der Waals surface area contributed by atoms with Gasteiger partial charge in [0.05, 0.1) is 13.7 Å². The van der Waals surface area contributed by atoms with E-state index in [1.807, 2.05) is 24.3 Å². The van der Waals surface area contributed by atoms with Crippen LogP contribution >= 0.6 is 0 Å². The summed E-state index contributed by atoms with van der Waals surface area (Å²) in [5.41, 5.74) is 0.993. The van der Waals surface area contributed by atoms with Gasteiger partial charge in [-0.05, 0) is 25.0 Å². The molecule has 0 bridgehead atoms. The van der Waals surface area contributed by atoms with Gasteiger partial charge < -0.3 is 14.2 Å². The van der Waals surface area contributed by atoms with Gasteiger partial charge in [0.2, 0.25) is 0 Å². The van der Waals surface area contributed by atoms with Crippen molar-refractivity contribution in [3.63, 3.8) is 0 Å². The van der Waals surface area contributed by atoms with E-state index in [0.29, 0.717) is 0 Å². The van der Waals surface area contributed by atoms with Crippen LogP contribution in [-0.2, 0) is 4.74 Å². The van der Waals surface area contributed by atoms with Gasteiger partial charge in [0.25, 0.3) is 0 Å². The average molecular weight is 276 g/mol. The van der Waals surface area contributed by atoms with E-state index in [4.69, 9.17) is 14.2 Å². The second-order valence-corrected chi connectivity index (χ2v) is 5.13. The first-order valence-corrected chi connectivity index (χ1v) is 7.37. The number of hydrogen-bond acceptors (Lipinski definition) is 3. The zero-order valence-corrected chi connectivity index (χ0v) is 12.4. The predicted octanol–water partition coefficient (Wildman–Crippen LogP) is 4.06. The molecule has 1 aromatic carbocycles. The molecular weight excluding hydrogens is 252 g/mol. The molecule has 2 atom stereocenters. The Bertz CT molecular complexity index is 438. The molecule has 1 saturated heterocycles. The molecule has 0 aliphatic carbocycles. The lowest BCUT2D eigenvalue weighted by Crippen LogP contribution is -2.23. The van der Waals surface area contributed by atoms with E-state index in [1.165, 1.54) is 19.3 Å². The highest BCUT2D eigenvalue weighted by molar-refractivity contribution is 5.57. The Kier molecular flexibility index (Phi) is 5.48. The van der Waals surface area contributed by atoms with Crippen LogP contribution in [0.15, 0.2) is 24.8 Å². The first kappa shape index (κ1) is 14.9. The first-order valence-electron chi connectivity index (χ1n) is 7.37. The zero-order chi connectivity index (χ0) is 14.4. The molecule has 110 valence electrons. The Morgan fingerprint density at radius 3 is 2.85 bits per heavy atom. The minimum absolute atomic E-state index is 0.132. The predicted molar refractivity (Wildman–Crippen MR) is 81.4 cm³/mol. The highest BCUT2D eigenvalue weighted by Gasteiger charge is 2.34. The molecule has 0 radical (unpaired) electrons. The zero-order valence-electron chi connectivity index (χ0n) is 12.4. The normalized spacial score (nSPS) is 18.4. The van der Waals surface area contributed by atoms with Crippen LogP contribution in [0.5, 0.6) is 11.5 Å². The van der Waals surface area contributed by atoms with Gasteiger partial charge in [-0.15, -0.1) is 0 Å². The second-order valence-electron chi connectivity index (χ2n) is 5.13. The fourth-order valence-corrected chi connectivity index (χ4v) is 2.26. The van der Waals surface area contributed by atoms with Gasteiger partial charge in [-0.2, -0.15) is 0 Å². The number of unbranched alkanes of at least 4 members (excludes halogenated alkanes) is 2. The van der Waals surface area contributed by atoms with E-state index in [9.17, 15) is 0 Å². The lowest BCUT2D eigenvalue weighted by atomic mass is 10.1. The van der Waals surface area contributed by atoms with Crippen molar-refractivity contribution in [1.29, 1.82) is 0 Å².